The Morgan fingerprint density at radius 3 is 2.61 bits per heavy atom. The number of hydrogen-bond acceptors (Lipinski definition) is 3. The standard InChI is InChI=1S/C20H24F4N4/c1-11-8-15(19-9-14(19)6-7-25-10-19)28-18(26-11)16(21)17(27-28)12-2-4-13(5-3-12)20(22,23)24/h8,12-14,25H,2-7,9-10H2,1H3. The Morgan fingerprint density at radius 1 is 1.18 bits per heavy atom. The fraction of sp³-hybridized carbons (Fsp3) is 0.700. The molecule has 152 valence electrons. The van der Waals surface area contributed by atoms with Gasteiger partial charge in [-0.2, -0.15) is 18.3 Å². The van der Waals surface area contributed by atoms with Gasteiger partial charge in [0.15, 0.2) is 11.5 Å². The smallest absolute Gasteiger partial charge is 0.316 e. The van der Waals surface area contributed by atoms with E-state index in [1.807, 2.05) is 13.0 Å². The molecular weight excluding hydrogens is 372 g/mol. The van der Waals surface area contributed by atoms with Gasteiger partial charge < -0.3 is 5.32 Å². The first kappa shape index (κ1) is 18.3. The minimum absolute atomic E-state index is 0.0200. The summed E-state index contributed by atoms with van der Waals surface area (Å²) in [6, 6.07) is 2.00. The van der Waals surface area contributed by atoms with Crippen molar-refractivity contribution in [2.24, 2.45) is 11.8 Å². The van der Waals surface area contributed by atoms with Crippen molar-refractivity contribution in [2.75, 3.05) is 13.1 Å². The zero-order valence-corrected chi connectivity index (χ0v) is 15.8. The number of halogens is 4. The number of aryl methyl sites for hydroxylation is 1. The molecule has 2 saturated carbocycles. The van der Waals surface area contributed by atoms with E-state index in [0.29, 0.717) is 18.8 Å². The van der Waals surface area contributed by atoms with Crippen LogP contribution in [0.1, 0.15) is 61.5 Å². The molecule has 2 aromatic rings. The molecular formula is C20H24F4N4. The maximum absolute atomic E-state index is 15.2. The number of hydrogen-bond donors (Lipinski definition) is 1. The van der Waals surface area contributed by atoms with Crippen LogP contribution in [0.25, 0.3) is 5.65 Å². The third kappa shape index (κ3) is 2.75. The molecule has 8 heteroatoms. The average Bonchev–Trinajstić information content (AvgIpc) is 3.33. The van der Waals surface area contributed by atoms with E-state index < -0.39 is 17.9 Å². The fourth-order valence-electron chi connectivity index (χ4n) is 5.41. The SMILES string of the molecule is Cc1cc(C23CNCCC2C3)n2nc(C3CCC(C(F)(F)F)CC3)c(F)c2n1. The lowest BCUT2D eigenvalue weighted by atomic mass is 9.80. The first-order valence-electron chi connectivity index (χ1n) is 10.1. The second-order valence-corrected chi connectivity index (χ2v) is 8.83. The zero-order chi connectivity index (χ0) is 19.7. The highest BCUT2D eigenvalue weighted by atomic mass is 19.4. The van der Waals surface area contributed by atoms with Gasteiger partial charge in [-0.3, -0.25) is 0 Å². The van der Waals surface area contributed by atoms with Crippen LogP contribution in [0.15, 0.2) is 6.07 Å². The fourth-order valence-corrected chi connectivity index (χ4v) is 5.41. The van der Waals surface area contributed by atoms with Crippen LogP contribution in [0.5, 0.6) is 0 Å². The zero-order valence-electron chi connectivity index (χ0n) is 15.8. The topological polar surface area (TPSA) is 42.2 Å². The Balaban J connectivity index is 1.51. The van der Waals surface area contributed by atoms with Gasteiger partial charge in [0.2, 0.25) is 0 Å². The van der Waals surface area contributed by atoms with Crippen LogP contribution in [-0.4, -0.2) is 33.9 Å². The van der Waals surface area contributed by atoms with E-state index in [-0.39, 0.29) is 35.5 Å². The lowest BCUT2D eigenvalue weighted by molar-refractivity contribution is -0.182. The van der Waals surface area contributed by atoms with Crippen LogP contribution in [-0.2, 0) is 5.41 Å². The van der Waals surface area contributed by atoms with Crippen LogP contribution in [0.2, 0.25) is 0 Å². The Bertz CT molecular complexity index is 913. The summed E-state index contributed by atoms with van der Waals surface area (Å²) in [5.74, 6) is -1.43. The summed E-state index contributed by atoms with van der Waals surface area (Å²) in [6.07, 6.45) is -1.30. The molecule has 0 radical (unpaired) electrons. The number of aromatic nitrogens is 3. The minimum Gasteiger partial charge on any atom is -0.316 e. The highest BCUT2D eigenvalue weighted by Crippen LogP contribution is 2.57. The minimum atomic E-state index is -4.16. The lowest BCUT2D eigenvalue weighted by Gasteiger charge is -2.28. The summed E-state index contributed by atoms with van der Waals surface area (Å²) in [6.45, 7) is 3.71. The van der Waals surface area contributed by atoms with Crippen LogP contribution in [0.4, 0.5) is 17.6 Å². The van der Waals surface area contributed by atoms with E-state index >= 15 is 4.39 Å². The molecule has 0 aromatic carbocycles. The summed E-state index contributed by atoms with van der Waals surface area (Å²) < 4.78 is 55.7. The van der Waals surface area contributed by atoms with Gasteiger partial charge in [-0.05, 0) is 64.0 Å². The molecule has 1 N–H and O–H groups in total. The molecule has 0 bridgehead atoms. The first-order valence-corrected chi connectivity index (χ1v) is 10.1. The Labute approximate surface area is 160 Å². The predicted octanol–water partition coefficient (Wildman–Crippen LogP) is 4.26. The van der Waals surface area contributed by atoms with E-state index in [0.717, 1.165) is 37.3 Å². The third-order valence-electron chi connectivity index (χ3n) is 7.11. The maximum Gasteiger partial charge on any atom is 0.391 e. The van der Waals surface area contributed by atoms with Gasteiger partial charge in [-0.15, -0.1) is 0 Å². The molecule has 2 unspecified atom stereocenters. The molecule has 0 spiro atoms. The molecule has 28 heavy (non-hydrogen) atoms. The molecule has 2 aliphatic carbocycles. The van der Waals surface area contributed by atoms with Gasteiger partial charge in [0, 0.05) is 23.6 Å². The van der Waals surface area contributed by atoms with E-state index in [2.05, 4.69) is 15.4 Å². The summed E-state index contributed by atoms with van der Waals surface area (Å²) in [5.41, 5.74) is 2.22. The van der Waals surface area contributed by atoms with E-state index in [1.165, 1.54) is 0 Å². The molecule has 0 amide bonds. The van der Waals surface area contributed by atoms with Crippen molar-refractivity contribution < 1.29 is 17.6 Å². The van der Waals surface area contributed by atoms with Gasteiger partial charge >= 0.3 is 6.18 Å². The van der Waals surface area contributed by atoms with Crippen molar-refractivity contribution >= 4 is 5.65 Å². The van der Waals surface area contributed by atoms with E-state index in [1.54, 1.807) is 4.52 Å². The van der Waals surface area contributed by atoms with Crippen molar-refractivity contribution in [2.45, 2.75) is 63.0 Å². The van der Waals surface area contributed by atoms with Crippen LogP contribution >= 0.6 is 0 Å². The summed E-state index contributed by atoms with van der Waals surface area (Å²) in [4.78, 5) is 4.38. The highest BCUT2D eigenvalue weighted by Gasteiger charge is 2.57. The Hall–Kier alpha value is -1.70. The molecule has 3 heterocycles. The molecule has 3 fully saturated rings. The first-order chi connectivity index (χ1) is 13.3. The number of fused-ring (bicyclic) bond motifs is 2. The lowest BCUT2D eigenvalue weighted by Crippen LogP contribution is -2.35. The second-order valence-electron chi connectivity index (χ2n) is 8.83. The normalized spacial score (nSPS) is 33.1. The number of nitrogens with zero attached hydrogens (tertiary/aromatic N) is 3. The Kier molecular flexibility index (Phi) is 4.03. The highest BCUT2D eigenvalue weighted by molar-refractivity contribution is 5.48. The van der Waals surface area contributed by atoms with E-state index in [9.17, 15) is 13.2 Å². The second kappa shape index (κ2) is 6.15. The third-order valence-corrected chi connectivity index (χ3v) is 7.11. The number of nitrogens with one attached hydrogen (secondary N) is 1. The van der Waals surface area contributed by atoms with Crippen molar-refractivity contribution in [3.05, 3.63) is 29.0 Å². The largest absolute Gasteiger partial charge is 0.391 e. The molecule has 1 aliphatic heterocycles. The summed E-state index contributed by atoms with van der Waals surface area (Å²) in [7, 11) is 0. The molecule has 1 saturated heterocycles. The van der Waals surface area contributed by atoms with Crippen LogP contribution in [0.3, 0.4) is 0 Å². The summed E-state index contributed by atoms with van der Waals surface area (Å²) in [5, 5.41) is 8.02. The van der Waals surface area contributed by atoms with Gasteiger partial charge in [-0.25, -0.2) is 13.9 Å². The maximum atomic E-state index is 15.2. The van der Waals surface area contributed by atoms with Gasteiger partial charge in [0.05, 0.1) is 11.6 Å². The summed E-state index contributed by atoms with van der Waals surface area (Å²) >= 11 is 0. The van der Waals surface area contributed by atoms with Gasteiger partial charge in [0.1, 0.15) is 5.69 Å². The molecule has 2 aromatic heterocycles. The van der Waals surface area contributed by atoms with Crippen molar-refractivity contribution in [3.63, 3.8) is 0 Å². The van der Waals surface area contributed by atoms with Crippen molar-refractivity contribution in [3.8, 4) is 0 Å². The molecule has 5 rings (SSSR count). The molecule has 2 atom stereocenters. The monoisotopic (exact) mass is 396 g/mol. The predicted molar refractivity (Wildman–Crippen MR) is 95.7 cm³/mol. The molecule has 3 aliphatic rings. The average molecular weight is 396 g/mol. The number of piperidine rings is 1. The van der Waals surface area contributed by atoms with Crippen molar-refractivity contribution in [1.29, 1.82) is 0 Å². The van der Waals surface area contributed by atoms with Gasteiger partial charge in [0.25, 0.3) is 0 Å². The van der Waals surface area contributed by atoms with Crippen LogP contribution in [0, 0.1) is 24.6 Å². The molecule has 4 nitrogen and oxygen atoms in total. The van der Waals surface area contributed by atoms with Gasteiger partial charge in [-0.1, -0.05) is 0 Å². The quantitative estimate of drug-likeness (QED) is 0.772. The number of alkyl halides is 3. The Morgan fingerprint density at radius 2 is 1.93 bits per heavy atom. The number of rotatable bonds is 2. The van der Waals surface area contributed by atoms with Crippen LogP contribution < -0.4 is 5.32 Å². The van der Waals surface area contributed by atoms with Crippen molar-refractivity contribution in [1.82, 2.24) is 19.9 Å². The van der Waals surface area contributed by atoms with E-state index in [4.69, 9.17) is 0 Å².